The molecule has 0 aromatic carbocycles. The number of halogens is 1. The van der Waals surface area contributed by atoms with Crippen LogP contribution in [0.5, 0.6) is 0 Å². The third-order valence-corrected chi connectivity index (χ3v) is 5.63. The smallest absolute Gasteiger partial charge is 0.275 e. The van der Waals surface area contributed by atoms with Crippen LogP contribution in [-0.2, 0) is 6.42 Å². The Morgan fingerprint density at radius 1 is 1.09 bits per heavy atom. The fraction of sp³-hybridized carbons (Fsp3) is 0.136. The molecule has 0 fully saturated rings. The zero-order chi connectivity index (χ0) is 21.7. The first-order valence-corrected chi connectivity index (χ1v) is 10.1. The van der Waals surface area contributed by atoms with Crippen LogP contribution in [0.1, 0.15) is 33.6 Å². The van der Waals surface area contributed by atoms with E-state index < -0.39 is 6.04 Å². The fourth-order valence-corrected chi connectivity index (χ4v) is 4.13. The summed E-state index contributed by atoms with van der Waals surface area (Å²) >= 11 is 0. The number of rotatable bonds is 3. The molecular formula is C22H17FN8O. The minimum atomic E-state index is -0.559. The third-order valence-electron chi connectivity index (χ3n) is 5.63. The molecule has 1 amide bonds. The average molecular weight is 428 g/mol. The van der Waals surface area contributed by atoms with E-state index in [0.29, 0.717) is 35.7 Å². The number of hydrogen-bond donors (Lipinski definition) is 1. The summed E-state index contributed by atoms with van der Waals surface area (Å²) in [5.41, 5.74) is 2.82. The molecular weight excluding hydrogens is 411 g/mol. The number of imidazole rings is 1. The number of aromatic amines is 1. The van der Waals surface area contributed by atoms with Crippen molar-refractivity contribution in [3.63, 3.8) is 0 Å². The second-order valence-electron chi connectivity index (χ2n) is 7.51. The second-order valence-corrected chi connectivity index (χ2v) is 7.51. The maximum absolute atomic E-state index is 14.3. The van der Waals surface area contributed by atoms with Gasteiger partial charge in [0.2, 0.25) is 0 Å². The van der Waals surface area contributed by atoms with Crippen molar-refractivity contribution in [3.8, 4) is 5.82 Å². The fourth-order valence-electron chi connectivity index (χ4n) is 4.13. The first kappa shape index (κ1) is 18.4. The number of fused-ring (bicyclic) bond motifs is 2. The number of amides is 1. The highest BCUT2D eigenvalue weighted by molar-refractivity contribution is 5.93. The van der Waals surface area contributed by atoms with Crippen LogP contribution in [0, 0.1) is 5.82 Å². The minimum absolute atomic E-state index is 0.254. The van der Waals surface area contributed by atoms with Crippen molar-refractivity contribution in [1.29, 1.82) is 0 Å². The van der Waals surface area contributed by atoms with Crippen LogP contribution in [0.2, 0.25) is 0 Å². The van der Waals surface area contributed by atoms with Crippen LogP contribution in [-0.4, -0.2) is 51.7 Å². The van der Waals surface area contributed by atoms with Gasteiger partial charge in [0.25, 0.3) is 5.91 Å². The summed E-state index contributed by atoms with van der Waals surface area (Å²) in [5, 5.41) is 8.98. The van der Waals surface area contributed by atoms with E-state index in [1.54, 1.807) is 52.7 Å². The number of aromatic nitrogens is 7. The molecule has 0 bridgehead atoms. The van der Waals surface area contributed by atoms with Gasteiger partial charge in [-0.05, 0) is 36.4 Å². The lowest BCUT2D eigenvalue weighted by atomic mass is 9.99. The van der Waals surface area contributed by atoms with Crippen molar-refractivity contribution in [1.82, 2.24) is 39.2 Å². The Morgan fingerprint density at radius 3 is 2.88 bits per heavy atom. The molecule has 1 N–H and O–H groups in total. The highest BCUT2D eigenvalue weighted by Gasteiger charge is 2.37. The molecule has 0 spiro atoms. The Hall–Kier alpha value is -4.34. The Balaban J connectivity index is 1.41. The predicted octanol–water partition coefficient (Wildman–Crippen LogP) is 2.57. The lowest BCUT2D eigenvalue weighted by Crippen LogP contribution is -2.41. The molecule has 0 saturated heterocycles. The molecule has 32 heavy (non-hydrogen) atoms. The summed E-state index contributed by atoms with van der Waals surface area (Å²) < 4.78 is 17.3. The number of pyridine rings is 2. The van der Waals surface area contributed by atoms with Crippen molar-refractivity contribution in [2.45, 2.75) is 12.5 Å². The number of carbonyl (C=O) groups is 1. The molecule has 1 atom stereocenters. The summed E-state index contributed by atoms with van der Waals surface area (Å²) in [5.74, 6) is -0.0145. The molecule has 1 unspecified atom stereocenters. The van der Waals surface area contributed by atoms with Crippen molar-refractivity contribution in [3.05, 3.63) is 96.0 Å². The monoisotopic (exact) mass is 428 g/mol. The van der Waals surface area contributed by atoms with Gasteiger partial charge >= 0.3 is 0 Å². The lowest BCUT2D eigenvalue weighted by Gasteiger charge is -2.33. The molecule has 10 heteroatoms. The molecule has 5 aromatic heterocycles. The summed E-state index contributed by atoms with van der Waals surface area (Å²) in [4.78, 5) is 27.1. The Morgan fingerprint density at radius 2 is 2.03 bits per heavy atom. The first-order chi connectivity index (χ1) is 15.7. The topological polar surface area (TPSA) is 97.0 Å². The van der Waals surface area contributed by atoms with E-state index in [1.165, 1.54) is 10.6 Å². The predicted molar refractivity (Wildman–Crippen MR) is 112 cm³/mol. The van der Waals surface area contributed by atoms with Crippen molar-refractivity contribution in [2.75, 3.05) is 6.54 Å². The van der Waals surface area contributed by atoms with Crippen LogP contribution in [0.15, 0.2) is 67.4 Å². The van der Waals surface area contributed by atoms with E-state index in [4.69, 9.17) is 0 Å². The van der Waals surface area contributed by atoms with Gasteiger partial charge in [-0.15, -0.1) is 0 Å². The first-order valence-electron chi connectivity index (χ1n) is 10.1. The maximum atomic E-state index is 14.3. The van der Waals surface area contributed by atoms with Gasteiger partial charge in [-0.25, -0.2) is 23.6 Å². The van der Waals surface area contributed by atoms with E-state index >= 15 is 0 Å². The maximum Gasteiger partial charge on any atom is 0.275 e. The van der Waals surface area contributed by atoms with Gasteiger partial charge in [0.1, 0.15) is 17.4 Å². The highest BCUT2D eigenvalue weighted by atomic mass is 19.1. The van der Waals surface area contributed by atoms with E-state index in [9.17, 15) is 9.18 Å². The molecule has 6 rings (SSSR count). The van der Waals surface area contributed by atoms with Crippen LogP contribution in [0.3, 0.4) is 0 Å². The number of hydrogen-bond acceptors (Lipinski definition) is 5. The molecule has 0 saturated carbocycles. The van der Waals surface area contributed by atoms with Crippen molar-refractivity contribution >= 4 is 11.4 Å². The van der Waals surface area contributed by atoms with Crippen LogP contribution in [0.25, 0.3) is 11.3 Å². The number of nitrogens with zero attached hydrogens (tertiary/aromatic N) is 7. The van der Waals surface area contributed by atoms with E-state index in [0.717, 1.165) is 5.69 Å². The Labute approximate surface area is 181 Å². The zero-order valence-corrected chi connectivity index (χ0v) is 16.8. The van der Waals surface area contributed by atoms with Crippen LogP contribution < -0.4 is 0 Å². The van der Waals surface area contributed by atoms with Gasteiger partial charge in [-0.2, -0.15) is 10.2 Å². The SMILES string of the molecule is O=C(c1ccn(-c2ccccn2)n1)N1CCc2[nH]cnc2C1c1cc2c(F)cccn2n1. The van der Waals surface area contributed by atoms with Crippen molar-refractivity contribution < 1.29 is 9.18 Å². The van der Waals surface area contributed by atoms with Gasteiger partial charge < -0.3 is 9.88 Å². The van der Waals surface area contributed by atoms with Gasteiger partial charge in [0.05, 0.1) is 17.7 Å². The van der Waals surface area contributed by atoms with Gasteiger partial charge in [-0.1, -0.05) is 6.07 Å². The minimum Gasteiger partial charge on any atom is -0.348 e. The molecule has 6 heterocycles. The summed E-state index contributed by atoms with van der Waals surface area (Å²) in [6.45, 7) is 0.450. The molecule has 1 aliphatic rings. The standard InChI is InChI=1S/C22H17FN8O/c23-14-4-3-9-30-18(14)12-17(28-30)21-20-15(25-13-26-20)6-10-29(21)22(32)16-7-11-31(27-16)19-5-1-2-8-24-19/h1-5,7-9,11-13,21H,6,10H2,(H,25,26). The molecule has 9 nitrogen and oxygen atoms in total. The highest BCUT2D eigenvalue weighted by Crippen LogP contribution is 2.34. The molecule has 0 aliphatic carbocycles. The molecule has 1 aliphatic heterocycles. The van der Waals surface area contributed by atoms with Gasteiger partial charge in [0.15, 0.2) is 11.5 Å². The number of H-pyrrole nitrogens is 1. The Kier molecular flexibility index (Phi) is 4.10. The van der Waals surface area contributed by atoms with E-state index in [-0.39, 0.29) is 17.4 Å². The second kappa shape index (κ2) is 7.12. The summed E-state index contributed by atoms with van der Waals surface area (Å²) in [6, 6.07) is 11.2. The molecule has 5 aromatic rings. The number of carbonyl (C=O) groups excluding carboxylic acids is 1. The van der Waals surface area contributed by atoms with Crippen molar-refractivity contribution in [2.24, 2.45) is 0 Å². The average Bonchev–Trinajstić information content (AvgIpc) is 3.58. The zero-order valence-electron chi connectivity index (χ0n) is 16.8. The van der Waals surface area contributed by atoms with Crippen LogP contribution in [0.4, 0.5) is 4.39 Å². The van der Waals surface area contributed by atoms with E-state index in [2.05, 4.69) is 25.1 Å². The lowest BCUT2D eigenvalue weighted by molar-refractivity contribution is 0.0680. The Bertz CT molecular complexity index is 1440. The quantitative estimate of drug-likeness (QED) is 0.476. The van der Waals surface area contributed by atoms with Gasteiger partial charge in [0, 0.05) is 37.3 Å². The summed E-state index contributed by atoms with van der Waals surface area (Å²) in [6.07, 6.45) is 7.28. The third kappa shape index (κ3) is 2.88. The van der Waals surface area contributed by atoms with Gasteiger partial charge in [-0.3, -0.25) is 4.79 Å². The number of nitrogens with one attached hydrogen (secondary N) is 1. The van der Waals surface area contributed by atoms with Crippen LogP contribution >= 0.6 is 0 Å². The van der Waals surface area contributed by atoms with E-state index in [1.807, 2.05) is 18.2 Å². The summed E-state index contributed by atoms with van der Waals surface area (Å²) in [7, 11) is 0. The largest absolute Gasteiger partial charge is 0.348 e. The molecule has 158 valence electrons. The molecule has 0 radical (unpaired) electrons. The normalized spacial score (nSPS) is 15.8.